The van der Waals surface area contributed by atoms with Gasteiger partial charge in [0.05, 0.1) is 0 Å². The Hall–Kier alpha value is -2.77. The Morgan fingerprint density at radius 2 is 1.71 bits per heavy atom. The standard InChI is InChI=1S/C16H18FN3O4/c1-2-9-19-14(22)15(23)20(16(19)24)10-13(21)18-8-7-11-3-5-12(17)6-4-11/h3-6H,2,7-10H2,1H3,(H,18,21). The third-order valence-electron chi connectivity index (χ3n) is 3.53. The maximum absolute atomic E-state index is 12.8. The van der Waals surface area contributed by atoms with Crippen LogP contribution in [0.15, 0.2) is 24.3 Å². The van der Waals surface area contributed by atoms with Crippen LogP contribution in [0.2, 0.25) is 0 Å². The lowest BCUT2D eigenvalue weighted by molar-refractivity contribution is -0.144. The minimum Gasteiger partial charge on any atom is -0.354 e. The van der Waals surface area contributed by atoms with Gasteiger partial charge < -0.3 is 5.32 Å². The molecule has 0 aromatic heterocycles. The molecular weight excluding hydrogens is 317 g/mol. The van der Waals surface area contributed by atoms with Crippen molar-refractivity contribution in [3.8, 4) is 0 Å². The third-order valence-corrected chi connectivity index (χ3v) is 3.53. The van der Waals surface area contributed by atoms with E-state index < -0.39 is 30.3 Å². The van der Waals surface area contributed by atoms with Crippen LogP contribution < -0.4 is 5.32 Å². The summed E-state index contributed by atoms with van der Waals surface area (Å²) in [6.45, 7) is 1.70. The first kappa shape index (κ1) is 17.6. The number of nitrogens with one attached hydrogen (secondary N) is 1. The van der Waals surface area contributed by atoms with E-state index in [1.807, 2.05) is 0 Å². The van der Waals surface area contributed by atoms with Crippen molar-refractivity contribution in [2.24, 2.45) is 0 Å². The number of amides is 5. The van der Waals surface area contributed by atoms with Gasteiger partial charge in [-0.1, -0.05) is 19.1 Å². The molecule has 5 amide bonds. The van der Waals surface area contributed by atoms with Crippen LogP contribution in [0, 0.1) is 5.82 Å². The van der Waals surface area contributed by atoms with Gasteiger partial charge in [0.25, 0.3) is 0 Å². The quantitative estimate of drug-likeness (QED) is 0.586. The first-order valence-corrected chi connectivity index (χ1v) is 7.62. The highest BCUT2D eigenvalue weighted by Crippen LogP contribution is 2.12. The Labute approximate surface area is 138 Å². The Balaban J connectivity index is 1.83. The summed E-state index contributed by atoms with van der Waals surface area (Å²) in [7, 11) is 0. The smallest absolute Gasteiger partial charge is 0.334 e. The summed E-state index contributed by atoms with van der Waals surface area (Å²) in [6.07, 6.45) is 1.01. The topological polar surface area (TPSA) is 86.8 Å². The molecule has 1 aromatic rings. The molecule has 1 saturated heterocycles. The summed E-state index contributed by atoms with van der Waals surface area (Å²) in [5, 5.41) is 2.57. The molecule has 1 aliphatic heterocycles. The Morgan fingerprint density at radius 1 is 1.08 bits per heavy atom. The number of hydrogen-bond acceptors (Lipinski definition) is 4. The van der Waals surface area contributed by atoms with Crippen molar-refractivity contribution in [2.45, 2.75) is 19.8 Å². The molecular formula is C16H18FN3O4. The summed E-state index contributed by atoms with van der Waals surface area (Å²) >= 11 is 0. The van der Waals surface area contributed by atoms with Crippen molar-refractivity contribution in [2.75, 3.05) is 19.6 Å². The summed E-state index contributed by atoms with van der Waals surface area (Å²) in [4.78, 5) is 48.8. The molecule has 0 atom stereocenters. The number of carbonyl (C=O) groups excluding carboxylic acids is 4. The van der Waals surface area contributed by atoms with Crippen LogP contribution in [-0.2, 0) is 20.8 Å². The van der Waals surface area contributed by atoms with Crippen molar-refractivity contribution >= 4 is 23.8 Å². The Kier molecular flexibility index (Phi) is 5.62. The largest absolute Gasteiger partial charge is 0.354 e. The van der Waals surface area contributed by atoms with Crippen LogP contribution in [0.4, 0.5) is 9.18 Å². The number of halogens is 1. The number of hydrogen-bond donors (Lipinski definition) is 1. The van der Waals surface area contributed by atoms with E-state index in [0.29, 0.717) is 17.7 Å². The molecule has 0 bridgehead atoms. The zero-order valence-corrected chi connectivity index (χ0v) is 13.3. The first-order valence-electron chi connectivity index (χ1n) is 7.62. The third kappa shape index (κ3) is 3.95. The lowest BCUT2D eigenvalue weighted by atomic mass is 10.1. The minimum absolute atomic E-state index is 0.145. The van der Waals surface area contributed by atoms with Crippen molar-refractivity contribution in [1.82, 2.24) is 15.1 Å². The second-order valence-corrected chi connectivity index (χ2v) is 5.36. The van der Waals surface area contributed by atoms with Gasteiger partial charge in [0.1, 0.15) is 12.4 Å². The molecule has 1 aliphatic rings. The Morgan fingerprint density at radius 3 is 2.33 bits per heavy atom. The van der Waals surface area contributed by atoms with Crippen LogP contribution >= 0.6 is 0 Å². The maximum Gasteiger partial charge on any atom is 0.334 e. The number of rotatable bonds is 7. The highest BCUT2D eigenvalue weighted by Gasteiger charge is 2.44. The van der Waals surface area contributed by atoms with E-state index in [0.717, 1.165) is 10.5 Å². The van der Waals surface area contributed by atoms with E-state index >= 15 is 0 Å². The number of nitrogens with zero attached hydrogens (tertiary/aromatic N) is 2. The van der Waals surface area contributed by atoms with Gasteiger partial charge >= 0.3 is 17.8 Å². The highest BCUT2D eigenvalue weighted by molar-refractivity contribution is 6.45. The monoisotopic (exact) mass is 335 g/mol. The fourth-order valence-corrected chi connectivity index (χ4v) is 2.31. The van der Waals surface area contributed by atoms with Crippen molar-refractivity contribution < 1.29 is 23.6 Å². The first-order chi connectivity index (χ1) is 11.4. The van der Waals surface area contributed by atoms with Gasteiger partial charge in [-0.2, -0.15) is 0 Å². The van der Waals surface area contributed by atoms with Gasteiger partial charge in [0.15, 0.2) is 0 Å². The average Bonchev–Trinajstić information content (AvgIpc) is 2.75. The molecule has 0 saturated carbocycles. The van der Waals surface area contributed by atoms with Crippen molar-refractivity contribution in [3.05, 3.63) is 35.6 Å². The highest BCUT2D eigenvalue weighted by atomic mass is 19.1. The lowest BCUT2D eigenvalue weighted by Gasteiger charge is -2.14. The second-order valence-electron chi connectivity index (χ2n) is 5.36. The van der Waals surface area contributed by atoms with Gasteiger partial charge in [0, 0.05) is 13.1 Å². The van der Waals surface area contributed by atoms with Crippen LogP contribution in [0.1, 0.15) is 18.9 Å². The molecule has 1 heterocycles. The summed E-state index contributed by atoms with van der Waals surface area (Å²) in [6, 6.07) is 5.10. The summed E-state index contributed by atoms with van der Waals surface area (Å²) in [5.41, 5.74) is 0.842. The van der Waals surface area contributed by atoms with Gasteiger partial charge in [-0.15, -0.1) is 0 Å². The van der Waals surface area contributed by atoms with E-state index in [1.54, 1.807) is 19.1 Å². The van der Waals surface area contributed by atoms with E-state index in [-0.39, 0.29) is 18.9 Å². The van der Waals surface area contributed by atoms with E-state index in [2.05, 4.69) is 5.32 Å². The zero-order valence-electron chi connectivity index (χ0n) is 13.3. The predicted molar refractivity (Wildman–Crippen MR) is 82.2 cm³/mol. The van der Waals surface area contributed by atoms with E-state index in [4.69, 9.17) is 0 Å². The van der Waals surface area contributed by atoms with Crippen molar-refractivity contribution in [3.63, 3.8) is 0 Å². The molecule has 7 nitrogen and oxygen atoms in total. The SMILES string of the molecule is CCCN1C(=O)C(=O)N(CC(=O)NCCc2ccc(F)cc2)C1=O. The van der Waals surface area contributed by atoms with Crippen molar-refractivity contribution in [1.29, 1.82) is 0 Å². The molecule has 0 aliphatic carbocycles. The number of carbonyl (C=O) groups is 4. The number of benzene rings is 1. The molecule has 1 fully saturated rings. The summed E-state index contributed by atoms with van der Waals surface area (Å²) in [5.74, 6) is -2.76. The fraction of sp³-hybridized carbons (Fsp3) is 0.375. The molecule has 8 heteroatoms. The number of imide groups is 2. The van der Waals surface area contributed by atoms with Crippen LogP contribution in [0.25, 0.3) is 0 Å². The average molecular weight is 335 g/mol. The molecule has 0 unspecified atom stereocenters. The van der Waals surface area contributed by atoms with Crippen LogP contribution in [0.5, 0.6) is 0 Å². The molecule has 128 valence electrons. The van der Waals surface area contributed by atoms with Gasteiger partial charge in [-0.3, -0.25) is 19.3 Å². The molecule has 2 rings (SSSR count). The van der Waals surface area contributed by atoms with E-state index in [9.17, 15) is 23.6 Å². The minimum atomic E-state index is -0.984. The van der Waals surface area contributed by atoms with Crippen LogP contribution in [-0.4, -0.2) is 53.2 Å². The Bertz CT molecular complexity index is 660. The van der Waals surface area contributed by atoms with Crippen LogP contribution in [0.3, 0.4) is 0 Å². The van der Waals surface area contributed by atoms with Gasteiger partial charge in [0.2, 0.25) is 5.91 Å². The summed E-state index contributed by atoms with van der Waals surface area (Å²) < 4.78 is 12.8. The van der Waals surface area contributed by atoms with E-state index in [1.165, 1.54) is 12.1 Å². The van der Waals surface area contributed by atoms with Gasteiger partial charge in [-0.05, 0) is 30.5 Å². The molecule has 0 spiro atoms. The van der Waals surface area contributed by atoms with Gasteiger partial charge in [-0.25, -0.2) is 14.1 Å². The number of urea groups is 1. The fourth-order valence-electron chi connectivity index (χ4n) is 2.31. The molecule has 1 N–H and O–H groups in total. The molecule has 1 aromatic carbocycles. The predicted octanol–water partition coefficient (Wildman–Crippen LogP) is 0.685. The lowest BCUT2D eigenvalue weighted by Crippen LogP contribution is -2.42. The normalized spacial score (nSPS) is 14.5. The maximum atomic E-state index is 12.8. The molecule has 24 heavy (non-hydrogen) atoms. The zero-order chi connectivity index (χ0) is 17.7. The molecule has 0 radical (unpaired) electrons. The second kappa shape index (κ2) is 7.67.